The molecule has 0 amide bonds. The van der Waals surface area contributed by atoms with Crippen LogP contribution < -0.4 is 0 Å². The SMILES string of the molecule is CCCC(C)CC1C(C)C2(CCC2)C1C. The van der Waals surface area contributed by atoms with Gasteiger partial charge in [0.2, 0.25) is 0 Å². The van der Waals surface area contributed by atoms with Crippen LogP contribution in [-0.2, 0) is 0 Å². The first-order chi connectivity index (χ1) is 7.12. The van der Waals surface area contributed by atoms with Gasteiger partial charge in [-0.1, -0.05) is 47.0 Å². The molecular formula is C15H28. The Balaban J connectivity index is 1.85. The largest absolute Gasteiger partial charge is 0.0654 e. The summed E-state index contributed by atoms with van der Waals surface area (Å²) in [7, 11) is 0. The lowest BCUT2D eigenvalue weighted by atomic mass is 9.39. The van der Waals surface area contributed by atoms with Crippen molar-refractivity contribution in [2.45, 2.75) is 66.2 Å². The second-order valence-electron chi connectivity index (χ2n) is 6.46. The molecule has 0 radical (unpaired) electrons. The van der Waals surface area contributed by atoms with E-state index in [1.165, 1.54) is 38.5 Å². The molecule has 15 heavy (non-hydrogen) atoms. The summed E-state index contributed by atoms with van der Waals surface area (Å²) in [6, 6.07) is 0. The highest BCUT2D eigenvalue weighted by molar-refractivity contribution is 5.08. The standard InChI is InChI=1S/C15H28/c1-5-7-11(2)10-14-12(3)15(13(14)4)8-6-9-15/h11-14H,5-10H2,1-4H3. The molecule has 0 N–H and O–H groups in total. The van der Waals surface area contributed by atoms with Crippen molar-refractivity contribution in [2.75, 3.05) is 0 Å². The Morgan fingerprint density at radius 1 is 1.20 bits per heavy atom. The third-order valence-corrected chi connectivity index (χ3v) is 5.84. The highest BCUT2D eigenvalue weighted by atomic mass is 14.6. The molecule has 0 aliphatic heterocycles. The average Bonchev–Trinajstić information content (AvgIpc) is 2.13. The second kappa shape index (κ2) is 4.11. The van der Waals surface area contributed by atoms with E-state index in [9.17, 15) is 0 Å². The van der Waals surface area contributed by atoms with Crippen LogP contribution in [0.5, 0.6) is 0 Å². The lowest BCUT2D eigenvalue weighted by molar-refractivity contribution is -0.165. The fourth-order valence-corrected chi connectivity index (χ4v) is 4.56. The van der Waals surface area contributed by atoms with Crippen molar-refractivity contribution in [1.82, 2.24) is 0 Å². The van der Waals surface area contributed by atoms with Gasteiger partial charge in [0.1, 0.15) is 0 Å². The van der Waals surface area contributed by atoms with Crippen molar-refractivity contribution in [1.29, 1.82) is 0 Å². The summed E-state index contributed by atoms with van der Waals surface area (Å²) in [5.41, 5.74) is 0.816. The monoisotopic (exact) mass is 208 g/mol. The number of hydrogen-bond donors (Lipinski definition) is 0. The van der Waals surface area contributed by atoms with Crippen LogP contribution in [0, 0.1) is 29.1 Å². The maximum absolute atomic E-state index is 2.53. The van der Waals surface area contributed by atoms with E-state index in [0.29, 0.717) is 0 Å². The maximum atomic E-state index is 2.53. The van der Waals surface area contributed by atoms with E-state index in [1.807, 2.05) is 0 Å². The number of hydrogen-bond acceptors (Lipinski definition) is 0. The molecule has 0 bridgehead atoms. The quantitative estimate of drug-likeness (QED) is 0.617. The van der Waals surface area contributed by atoms with Gasteiger partial charge in [0.25, 0.3) is 0 Å². The van der Waals surface area contributed by atoms with Crippen LogP contribution >= 0.6 is 0 Å². The Labute approximate surface area is 95.8 Å². The van der Waals surface area contributed by atoms with Crippen LogP contribution in [0.25, 0.3) is 0 Å². The minimum absolute atomic E-state index is 0.816. The zero-order chi connectivity index (χ0) is 11.1. The molecule has 1 spiro atoms. The first-order valence-corrected chi connectivity index (χ1v) is 7.12. The van der Waals surface area contributed by atoms with Gasteiger partial charge in [-0.05, 0) is 48.3 Å². The molecule has 0 saturated heterocycles. The Hall–Kier alpha value is 0. The fraction of sp³-hybridized carbons (Fsp3) is 1.00. The predicted octanol–water partition coefficient (Wildman–Crippen LogP) is 4.89. The van der Waals surface area contributed by atoms with Crippen LogP contribution in [0.1, 0.15) is 66.2 Å². The Bertz CT molecular complexity index is 202. The molecule has 2 rings (SSSR count). The van der Waals surface area contributed by atoms with E-state index in [0.717, 1.165) is 29.1 Å². The van der Waals surface area contributed by atoms with Gasteiger partial charge >= 0.3 is 0 Å². The summed E-state index contributed by atoms with van der Waals surface area (Å²) in [6.07, 6.45) is 8.87. The zero-order valence-electron chi connectivity index (χ0n) is 11.1. The van der Waals surface area contributed by atoms with Crippen LogP contribution in [0.15, 0.2) is 0 Å². The van der Waals surface area contributed by atoms with Crippen molar-refractivity contribution in [3.63, 3.8) is 0 Å². The second-order valence-corrected chi connectivity index (χ2v) is 6.46. The molecule has 0 aromatic carbocycles. The van der Waals surface area contributed by atoms with Crippen molar-refractivity contribution in [3.05, 3.63) is 0 Å². The molecule has 0 aromatic rings. The van der Waals surface area contributed by atoms with Crippen molar-refractivity contribution >= 4 is 0 Å². The Morgan fingerprint density at radius 2 is 1.80 bits per heavy atom. The normalized spacial score (nSPS) is 39.6. The lowest BCUT2D eigenvalue weighted by Gasteiger charge is -2.65. The highest BCUT2D eigenvalue weighted by Crippen LogP contribution is 2.67. The summed E-state index contributed by atoms with van der Waals surface area (Å²) in [4.78, 5) is 0. The van der Waals surface area contributed by atoms with Gasteiger partial charge in [-0.25, -0.2) is 0 Å². The zero-order valence-corrected chi connectivity index (χ0v) is 11.1. The average molecular weight is 208 g/mol. The molecule has 0 heteroatoms. The topological polar surface area (TPSA) is 0 Å². The van der Waals surface area contributed by atoms with Crippen LogP contribution in [0.2, 0.25) is 0 Å². The van der Waals surface area contributed by atoms with E-state index in [2.05, 4.69) is 27.7 Å². The molecule has 0 nitrogen and oxygen atoms in total. The Kier molecular flexibility index (Phi) is 3.14. The first-order valence-electron chi connectivity index (χ1n) is 7.12. The molecule has 88 valence electrons. The summed E-state index contributed by atoms with van der Waals surface area (Å²) in [5.74, 6) is 4.07. The van der Waals surface area contributed by atoms with Gasteiger partial charge in [-0.15, -0.1) is 0 Å². The number of rotatable bonds is 4. The van der Waals surface area contributed by atoms with Gasteiger partial charge in [0.15, 0.2) is 0 Å². The summed E-state index contributed by atoms with van der Waals surface area (Å²) in [6.45, 7) is 9.83. The Morgan fingerprint density at radius 3 is 2.20 bits per heavy atom. The van der Waals surface area contributed by atoms with E-state index in [-0.39, 0.29) is 0 Å². The minimum atomic E-state index is 0.816. The van der Waals surface area contributed by atoms with E-state index in [4.69, 9.17) is 0 Å². The van der Waals surface area contributed by atoms with Crippen molar-refractivity contribution in [2.24, 2.45) is 29.1 Å². The van der Waals surface area contributed by atoms with Gasteiger partial charge in [-0.3, -0.25) is 0 Å². The maximum Gasteiger partial charge on any atom is -0.0241 e. The molecule has 2 aliphatic carbocycles. The minimum Gasteiger partial charge on any atom is -0.0654 e. The molecule has 3 atom stereocenters. The molecular weight excluding hydrogens is 180 g/mol. The van der Waals surface area contributed by atoms with E-state index < -0.39 is 0 Å². The fourth-order valence-electron chi connectivity index (χ4n) is 4.56. The molecule has 3 unspecified atom stereocenters. The summed E-state index contributed by atoms with van der Waals surface area (Å²) < 4.78 is 0. The molecule has 2 saturated carbocycles. The molecule has 0 aromatic heterocycles. The predicted molar refractivity (Wildman–Crippen MR) is 66.8 cm³/mol. The van der Waals surface area contributed by atoms with E-state index in [1.54, 1.807) is 0 Å². The van der Waals surface area contributed by atoms with Crippen LogP contribution in [0.3, 0.4) is 0 Å². The smallest absolute Gasteiger partial charge is 0.0241 e. The summed E-state index contributed by atoms with van der Waals surface area (Å²) >= 11 is 0. The van der Waals surface area contributed by atoms with Gasteiger partial charge in [0.05, 0.1) is 0 Å². The van der Waals surface area contributed by atoms with Crippen molar-refractivity contribution < 1.29 is 0 Å². The van der Waals surface area contributed by atoms with Crippen LogP contribution in [-0.4, -0.2) is 0 Å². The van der Waals surface area contributed by atoms with Gasteiger partial charge < -0.3 is 0 Å². The first kappa shape index (κ1) is 11.5. The third-order valence-electron chi connectivity index (χ3n) is 5.84. The molecule has 0 heterocycles. The highest BCUT2D eigenvalue weighted by Gasteiger charge is 2.59. The lowest BCUT2D eigenvalue weighted by Crippen LogP contribution is -2.58. The van der Waals surface area contributed by atoms with E-state index >= 15 is 0 Å². The van der Waals surface area contributed by atoms with Crippen molar-refractivity contribution in [3.8, 4) is 0 Å². The van der Waals surface area contributed by atoms with Crippen LogP contribution in [0.4, 0.5) is 0 Å². The molecule has 2 aliphatic rings. The molecule has 2 fully saturated rings. The summed E-state index contributed by atoms with van der Waals surface area (Å²) in [5, 5.41) is 0. The van der Waals surface area contributed by atoms with Gasteiger partial charge in [0, 0.05) is 0 Å². The third kappa shape index (κ3) is 1.65. The van der Waals surface area contributed by atoms with Gasteiger partial charge in [-0.2, -0.15) is 0 Å².